The predicted molar refractivity (Wildman–Crippen MR) is 64.1 cm³/mol. The quantitative estimate of drug-likeness (QED) is 0.739. The van der Waals surface area contributed by atoms with Gasteiger partial charge in [-0.05, 0) is 17.7 Å². The second-order valence-electron chi connectivity index (χ2n) is 3.51. The van der Waals surface area contributed by atoms with E-state index in [0.29, 0.717) is 6.54 Å². The fraction of sp³-hybridized carbons (Fsp3) is 0.364. The van der Waals surface area contributed by atoms with Crippen molar-refractivity contribution in [3.63, 3.8) is 0 Å². The van der Waals surface area contributed by atoms with Crippen LogP contribution in [0.1, 0.15) is 12.0 Å². The molecule has 0 aliphatic carbocycles. The van der Waals surface area contributed by atoms with Crippen molar-refractivity contribution < 1.29 is 15.0 Å². The maximum Gasteiger partial charge on any atom is 0.306 e. The number of aliphatic hydroxyl groups is 1. The molecule has 1 rings (SSSR count). The summed E-state index contributed by atoms with van der Waals surface area (Å²) in [6, 6.07) is 7.79. The molecule has 1 unspecified atom stereocenters. The van der Waals surface area contributed by atoms with Crippen LogP contribution in [0.2, 0.25) is 0 Å². The van der Waals surface area contributed by atoms with Crippen LogP contribution in [0.4, 0.5) is 0 Å². The lowest BCUT2D eigenvalue weighted by Gasteiger charge is -2.09. The van der Waals surface area contributed by atoms with Gasteiger partial charge in [0.2, 0.25) is 0 Å². The molecule has 0 bridgehead atoms. The summed E-state index contributed by atoms with van der Waals surface area (Å²) in [6.07, 6.45) is -1.07. The molecule has 0 radical (unpaired) electrons. The summed E-state index contributed by atoms with van der Waals surface area (Å²) in [5, 5.41) is 20.7. The molecule has 0 saturated carbocycles. The molecule has 0 aliphatic rings. The monoisotopic (exact) mass is 287 g/mol. The van der Waals surface area contributed by atoms with Gasteiger partial charge in [-0.25, -0.2) is 0 Å². The minimum Gasteiger partial charge on any atom is -0.481 e. The molecule has 0 aromatic heterocycles. The Morgan fingerprint density at radius 3 is 2.56 bits per heavy atom. The Bertz CT molecular complexity index is 340. The molecule has 4 nitrogen and oxygen atoms in total. The van der Waals surface area contributed by atoms with Crippen molar-refractivity contribution in [3.05, 3.63) is 34.3 Å². The van der Waals surface area contributed by atoms with Crippen LogP contribution in [0.15, 0.2) is 28.7 Å². The number of rotatable bonds is 6. The Labute approximate surface area is 102 Å². The lowest BCUT2D eigenvalue weighted by atomic mass is 10.2. The number of hydrogen-bond donors (Lipinski definition) is 3. The lowest BCUT2D eigenvalue weighted by molar-refractivity contribution is -0.139. The van der Waals surface area contributed by atoms with Crippen LogP contribution in [0.3, 0.4) is 0 Å². The first-order valence-corrected chi connectivity index (χ1v) is 5.72. The van der Waals surface area contributed by atoms with Crippen LogP contribution < -0.4 is 5.32 Å². The van der Waals surface area contributed by atoms with Gasteiger partial charge >= 0.3 is 5.97 Å². The van der Waals surface area contributed by atoms with E-state index < -0.39 is 12.1 Å². The van der Waals surface area contributed by atoms with Gasteiger partial charge in [0, 0.05) is 17.6 Å². The minimum atomic E-state index is -0.988. The van der Waals surface area contributed by atoms with Gasteiger partial charge in [0.25, 0.3) is 0 Å². The second-order valence-corrected chi connectivity index (χ2v) is 4.42. The van der Waals surface area contributed by atoms with E-state index in [0.717, 1.165) is 10.0 Å². The van der Waals surface area contributed by atoms with Gasteiger partial charge in [-0.15, -0.1) is 0 Å². The van der Waals surface area contributed by atoms with Gasteiger partial charge in [0.1, 0.15) is 0 Å². The summed E-state index contributed by atoms with van der Waals surface area (Å²) in [7, 11) is 0. The zero-order valence-corrected chi connectivity index (χ0v) is 10.3. The zero-order chi connectivity index (χ0) is 12.0. The number of hydrogen-bond acceptors (Lipinski definition) is 3. The van der Waals surface area contributed by atoms with Crippen molar-refractivity contribution >= 4 is 21.9 Å². The van der Waals surface area contributed by atoms with E-state index in [1.807, 2.05) is 24.3 Å². The van der Waals surface area contributed by atoms with E-state index >= 15 is 0 Å². The molecule has 0 aliphatic heterocycles. The molecule has 0 amide bonds. The summed E-state index contributed by atoms with van der Waals surface area (Å²) in [4.78, 5) is 10.3. The summed E-state index contributed by atoms with van der Waals surface area (Å²) in [5.74, 6) is -0.988. The first-order valence-electron chi connectivity index (χ1n) is 4.93. The largest absolute Gasteiger partial charge is 0.481 e. The molecule has 1 atom stereocenters. The minimum absolute atomic E-state index is 0.229. The number of halogens is 1. The molecule has 0 spiro atoms. The molecule has 5 heteroatoms. The highest BCUT2D eigenvalue weighted by atomic mass is 79.9. The van der Waals surface area contributed by atoms with Gasteiger partial charge in [-0.3, -0.25) is 4.79 Å². The number of carboxylic acids is 1. The third-order valence-corrected chi connectivity index (χ3v) is 2.56. The average molecular weight is 288 g/mol. The molecule has 0 heterocycles. The van der Waals surface area contributed by atoms with Crippen LogP contribution in [-0.2, 0) is 11.3 Å². The normalized spacial score (nSPS) is 12.4. The number of aliphatic hydroxyl groups excluding tert-OH is 1. The highest BCUT2D eigenvalue weighted by Crippen LogP contribution is 2.10. The van der Waals surface area contributed by atoms with Crippen molar-refractivity contribution in [3.8, 4) is 0 Å². The highest BCUT2D eigenvalue weighted by Gasteiger charge is 2.08. The van der Waals surface area contributed by atoms with Crippen molar-refractivity contribution in [2.45, 2.75) is 19.1 Å². The lowest BCUT2D eigenvalue weighted by Crippen LogP contribution is -2.28. The van der Waals surface area contributed by atoms with E-state index in [9.17, 15) is 9.90 Å². The van der Waals surface area contributed by atoms with Crippen molar-refractivity contribution in [1.29, 1.82) is 0 Å². The number of carboxylic acid groups (broad SMARTS) is 1. The molecule has 1 aromatic rings. The third-order valence-electron chi connectivity index (χ3n) is 2.03. The Morgan fingerprint density at radius 1 is 1.38 bits per heavy atom. The smallest absolute Gasteiger partial charge is 0.306 e. The maximum atomic E-state index is 10.3. The average Bonchev–Trinajstić information content (AvgIpc) is 2.20. The Balaban J connectivity index is 2.25. The summed E-state index contributed by atoms with van der Waals surface area (Å²) in [6.45, 7) is 0.895. The van der Waals surface area contributed by atoms with Gasteiger partial charge in [0.15, 0.2) is 0 Å². The van der Waals surface area contributed by atoms with Gasteiger partial charge in [-0.2, -0.15) is 0 Å². The van der Waals surface area contributed by atoms with E-state index in [4.69, 9.17) is 5.11 Å². The van der Waals surface area contributed by atoms with E-state index in [2.05, 4.69) is 21.2 Å². The molecule has 1 aromatic carbocycles. The molecular formula is C11H14BrNO3. The fourth-order valence-electron chi connectivity index (χ4n) is 1.26. The van der Waals surface area contributed by atoms with Crippen molar-refractivity contribution in [2.75, 3.05) is 6.54 Å². The molecule has 16 heavy (non-hydrogen) atoms. The van der Waals surface area contributed by atoms with Crippen molar-refractivity contribution in [2.24, 2.45) is 0 Å². The fourth-order valence-corrected chi connectivity index (χ4v) is 1.52. The third kappa shape index (κ3) is 5.25. The predicted octanol–water partition coefficient (Wildman–Crippen LogP) is 1.37. The number of benzene rings is 1. The Morgan fingerprint density at radius 2 is 2.00 bits per heavy atom. The van der Waals surface area contributed by atoms with Crippen LogP contribution in [0, 0.1) is 0 Å². The standard InChI is InChI=1S/C11H14BrNO3/c12-9-3-1-8(2-4-9)6-13-7-10(14)5-11(15)16/h1-4,10,13-14H,5-7H2,(H,15,16). The number of nitrogens with one attached hydrogen (secondary N) is 1. The van der Waals surface area contributed by atoms with Gasteiger partial charge in [-0.1, -0.05) is 28.1 Å². The van der Waals surface area contributed by atoms with E-state index in [-0.39, 0.29) is 13.0 Å². The number of aliphatic carboxylic acids is 1. The molecule has 0 saturated heterocycles. The van der Waals surface area contributed by atoms with Crippen LogP contribution in [0.25, 0.3) is 0 Å². The van der Waals surface area contributed by atoms with Gasteiger partial charge < -0.3 is 15.5 Å². The van der Waals surface area contributed by atoms with E-state index in [1.165, 1.54) is 0 Å². The van der Waals surface area contributed by atoms with Crippen LogP contribution in [0.5, 0.6) is 0 Å². The molecule has 3 N–H and O–H groups in total. The Kier molecular flexibility index (Phi) is 5.45. The van der Waals surface area contributed by atoms with E-state index in [1.54, 1.807) is 0 Å². The van der Waals surface area contributed by atoms with Crippen LogP contribution in [-0.4, -0.2) is 28.8 Å². The highest BCUT2D eigenvalue weighted by molar-refractivity contribution is 9.10. The van der Waals surface area contributed by atoms with Crippen LogP contribution >= 0.6 is 15.9 Å². The first-order chi connectivity index (χ1) is 7.58. The number of carbonyl (C=O) groups is 1. The Hall–Kier alpha value is -0.910. The SMILES string of the molecule is O=C(O)CC(O)CNCc1ccc(Br)cc1. The van der Waals surface area contributed by atoms with Crippen molar-refractivity contribution in [1.82, 2.24) is 5.32 Å². The zero-order valence-electron chi connectivity index (χ0n) is 8.69. The maximum absolute atomic E-state index is 10.3. The summed E-state index contributed by atoms with van der Waals surface area (Å²) in [5.41, 5.74) is 1.09. The first kappa shape index (κ1) is 13.2. The second kappa shape index (κ2) is 6.62. The van der Waals surface area contributed by atoms with Gasteiger partial charge in [0.05, 0.1) is 12.5 Å². The topological polar surface area (TPSA) is 69.6 Å². The molecular weight excluding hydrogens is 274 g/mol. The summed E-state index contributed by atoms with van der Waals surface area (Å²) >= 11 is 3.34. The molecule has 88 valence electrons. The summed E-state index contributed by atoms with van der Waals surface area (Å²) < 4.78 is 1.02. The molecule has 0 fully saturated rings.